The molecule has 8 heteroatoms. The number of ether oxygens (including phenoxy) is 1. The van der Waals surface area contributed by atoms with E-state index in [1.165, 1.54) is 12.1 Å². The molecule has 2 amide bonds. The molecular weight excluding hydrogens is 442 g/mol. The lowest BCUT2D eigenvalue weighted by Gasteiger charge is -2.56. The van der Waals surface area contributed by atoms with Gasteiger partial charge in [0.25, 0.3) is 0 Å². The molecule has 34 heavy (non-hydrogen) atoms. The van der Waals surface area contributed by atoms with E-state index >= 15 is 0 Å². The number of hydrogen-bond donors (Lipinski definition) is 3. The van der Waals surface area contributed by atoms with Gasteiger partial charge in [0.1, 0.15) is 11.6 Å². The van der Waals surface area contributed by atoms with Crippen LogP contribution in [0.2, 0.25) is 0 Å². The zero-order valence-electron chi connectivity index (χ0n) is 20.6. The molecule has 0 aliphatic heterocycles. The number of benzene rings is 1. The summed E-state index contributed by atoms with van der Waals surface area (Å²) in [7, 11) is 1.56. The number of carbonyl (C=O) groups excluding carboxylic acids is 2. The van der Waals surface area contributed by atoms with Crippen LogP contribution in [-0.4, -0.2) is 42.8 Å². The van der Waals surface area contributed by atoms with Crippen LogP contribution in [0.15, 0.2) is 18.2 Å². The number of carbonyl (C=O) groups is 2. The maximum Gasteiger partial charge on any atom is 0.223 e. The number of aliphatic hydroxyl groups excluding tert-OH is 1. The van der Waals surface area contributed by atoms with E-state index in [-0.39, 0.29) is 47.6 Å². The Kier molecular flexibility index (Phi) is 8.68. The van der Waals surface area contributed by atoms with Gasteiger partial charge in [-0.1, -0.05) is 20.8 Å². The first kappa shape index (κ1) is 26.5. The molecule has 1 aromatic rings. The summed E-state index contributed by atoms with van der Waals surface area (Å²) >= 11 is 0. The van der Waals surface area contributed by atoms with Crippen molar-refractivity contribution >= 4 is 11.8 Å². The average molecular weight is 481 g/mol. The Morgan fingerprint density at radius 3 is 2.50 bits per heavy atom. The number of nitrogens with one attached hydrogen (secondary N) is 2. The van der Waals surface area contributed by atoms with Gasteiger partial charge in [0.05, 0.1) is 12.7 Å². The Morgan fingerprint density at radius 2 is 1.85 bits per heavy atom. The van der Waals surface area contributed by atoms with E-state index < -0.39 is 23.7 Å². The Bertz CT molecular complexity index is 862. The van der Waals surface area contributed by atoms with Crippen LogP contribution in [0.5, 0.6) is 0 Å². The SMILES string of the molecule is COCCC(=O)N[C@H]1CC[C@]2(C)CCC([C@H](C)C(=O)NCc3cc(F)cc(F)c3)[C@H](O)[C@H]2[C@@H]1C. The van der Waals surface area contributed by atoms with E-state index in [2.05, 4.69) is 24.5 Å². The molecule has 0 heterocycles. The van der Waals surface area contributed by atoms with Crippen LogP contribution in [0.3, 0.4) is 0 Å². The van der Waals surface area contributed by atoms with E-state index in [0.717, 1.165) is 31.7 Å². The highest BCUT2D eigenvalue weighted by Gasteiger charge is 2.53. The minimum absolute atomic E-state index is 0.0216. The number of methoxy groups -OCH3 is 1. The summed E-state index contributed by atoms with van der Waals surface area (Å²) in [5, 5.41) is 17.3. The molecule has 190 valence electrons. The number of fused-ring (bicyclic) bond motifs is 1. The van der Waals surface area contributed by atoms with Gasteiger partial charge in [0, 0.05) is 38.1 Å². The Morgan fingerprint density at radius 1 is 1.21 bits per heavy atom. The second-order valence-electron chi connectivity index (χ2n) is 10.5. The van der Waals surface area contributed by atoms with Gasteiger partial charge in [-0.25, -0.2) is 8.78 Å². The van der Waals surface area contributed by atoms with Crippen molar-refractivity contribution in [1.29, 1.82) is 0 Å². The number of hydrogen-bond acceptors (Lipinski definition) is 4. The fourth-order valence-electron chi connectivity index (χ4n) is 6.23. The summed E-state index contributed by atoms with van der Waals surface area (Å²) < 4.78 is 31.9. The summed E-state index contributed by atoms with van der Waals surface area (Å²) in [4.78, 5) is 25.2. The predicted molar refractivity (Wildman–Crippen MR) is 125 cm³/mol. The van der Waals surface area contributed by atoms with Gasteiger partial charge in [0.2, 0.25) is 11.8 Å². The second kappa shape index (κ2) is 11.1. The smallest absolute Gasteiger partial charge is 0.223 e. The van der Waals surface area contributed by atoms with Gasteiger partial charge in [-0.15, -0.1) is 0 Å². The number of halogens is 2. The van der Waals surface area contributed by atoms with Crippen LogP contribution in [-0.2, 0) is 20.9 Å². The molecule has 6 nitrogen and oxygen atoms in total. The summed E-state index contributed by atoms with van der Waals surface area (Å²) in [5.74, 6) is -2.33. The zero-order valence-corrected chi connectivity index (χ0v) is 20.6. The van der Waals surface area contributed by atoms with Gasteiger partial charge >= 0.3 is 0 Å². The lowest BCUT2D eigenvalue weighted by atomic mass is 9.51. The van der Waals surface area contributed by atoms with Crippen molar-refractivity contribution in [2.45, 2.75) is 71.6 Å². The molecule has 1 unspecified atom stereocenters. The highest BCUT2D eigenvalue weighted by Crippen LogP contribution is 2.55. The summed E-state index contributed by atoms with van der Waals surface area (Å²) in [6, 6.07) is 3.16. The van der Waals surface area contributed by atoms with E-state index in [0.29, 0.717) is 18.6 Å². The first-order chi connectivity index (χ1) is 16.1. The van der Waals surface area contributed by atoms with Crippen molar-refractivity contribution in [1.82, 2.24) is 10.6 Å². The van der Waals surface area contributed by atoms with Crippen molar-refractivity contribution in [3.8, 4) is 0 Å². The number of amides is 2. The molecule has 0 bridgehead atoms. The molecule has 7 atom stereocenters. The minimum Gasteiger partial charge on any atom is -0.392 e. The summed E-state index contributed by atoms with van der Waals surface area (Å²) in [5.41, 5.74) is 0.307. The first-order valence-electron chi connectivity index (χ1n) is 12.2. The molecule has 0 spiro atoms. The minimum atomic E-state index is -0.686. The summed E-state index contributed by atoms with van der Waals surface area (Å²) in [6.45, 7) is 6.48. The van der Waals surface area contributed by atoms with E-state index in [1.807, 2.05) is 0 Å². The fourth-order valence-corrected chi connectivity index (χ4v) is 6.23. The lowest BCUT2D eigenvalue weighted by molar-refractivity contribution is -0.144. The summed E-state index contributed by atoms with van der Waals surface area (Å²) in [6.07, 6.45) is 3.03. The van der Waals surface area contributed by atoms with Crippen LogP contribution in [0.4, 0.5) is 8.78 Å². The normalized spacial score (nSPS) is 31.9. The largest absolute Gasteiger partial charge is 0.392 e. The van der Waals surface area contributed by atoms with Gasteiger partial charge in [-0.05, 0) is 66.5 Å². The molecule has 3 N–H and O–H groups in total. The monoisotopic (exact) mass is 480 g/mol. The van der Waals surface area contributed by atoms with Gasteiger partial charge in [-0.2, -0.15) is 0 Å². The Labute approximate surface area is 200 Å². The van der Waals surface area contributed by atoms with Gasteiger partial charge in [-0.3, -0.25) is 9.59 Å². The first-order valence-corrected chi connectivity index (χ1v) is 12.2. The third kappa shape index (κ3) is 5.95. The van der Waals surface area contributed by atoms with Crippen molar-refractivity contribution in [2.24, 2.45) is 29.1 Å². The van der Waals surface area contributed by atoms with Crippen LogP contribution in [0, 0.1) is 40.7 Å². The molecule has 2 fully saturated rings. The maximum atomic E-state index is 13.4. The van der Waals surface area contributed by atoms with Crippen molar-refractivity contribution in [2.75, 3.05) is 13.7 Å². The maximum absolute atomic E-state index is 13.4. The Balaban J connectivity index is 1.65. The van der Waals surface area contributed by atoms with Crippen molar-refractivity contribution in [3.63, 3.8) is 0 Å². The standard InChI is InChI=1S/C26H38F2N2O4/c1-15(25(33)29-14-17-11-18(27)13-19(28)12-17)20-5-8-26(3)9-6-21(16(2)23(26)24(20)32)30-22(31)7-10-34-4/h11-13,15-16,20-21,23-24,32H,5-10,14H2,1-4H3,(H,29,33)(H,30,31)/t15-,16+,20?,21-,23+,24-,26-/m0/s1. The number of rotatable bonds is 8. The third-order valence-electron chi connectivity index (χ3n) is 8.21. The van der Waals surface area contributed by atoms with E-state index in [9.17, 15) is 23.5 Å². The van der Waals surface area contributed by atoms with Crippen LogP contribution in [0.1, 0.15) is 58.4 Å². The van der Waals surface area contributed by atoms with E-state index in [1.54, 1.807) is 14.0 Å². The number of aliphatic hydroxyl groups is 1. The molecule has 2 aliphatic rings. The molecule has 2 aliphatic carbocycles. The quantitative estimate of drug-likeness (QED) is 0.531. The molecule has 2 saturated carbocycles. The second-order valence-corrected chi connectivity index (χ2v) is 10.5. The highest BCUT2D eigenvalue weighted by molar-refractivity contribution is 5.78. The van der Waals surface area contributed by atoms with Crippen LogP contribution in [0.25, 0.3) is 0 Å². The molecule has 3 rings (SSSR count). The fraction of sp³-hybridized carbons (Fsp3) is 0.692. The van der Waals surface area contributed by atoms with Gasteiger partial charge < -0.3 is 20.5 Å². The molecule has 1 aromatic carbocycles. The van der Waals surface area contributed by atoms with E-state index in [4.69, 9.17) is 4.74 Å². The highest BCUT2D eigenvalue weighted by atomic mass is 19.1. The lowest BCUT2D eigenvalue weighted by Crippen LogP contribution is -2.58. The third-order valence-corrected chi connectivity index (χ3v) is 8.21. The topological polar surface area (TPSA) is 87.7 Å². The van der Waals surface area contributed by atoms with Crippen molar-refractivity contribution in [3.05, 3.63) is 35.4 Å². The predicted octanol–water partition coefficient (Wildman–Crippen LogP) is 3.56. The van der Waals surface area contributed by atoms with Crippen LogP contribution < -0.4 is 10.6 Å². The van der Waals surface area contributed by atoms with Gasteiger partial charge in [0.15, 0.2) is 0 Å². The Hall–Kier alpha value is -2.06. The molecule has 0 saturated heterocycles. The zero-order chi connectivity index (χ0) is 25.0. The molecule has 0 radical (unpaired) electrons. The molecule has 0 aromatic heterocycles. The average Bonchev–Trinajstić information content (AvgIpc) is 2.77. The molecular formula is C26H38F2N2O4. The van der Waals surface area contributed by atoms with Crippen LogP contribution >= 0.6 is 0 Å². The van der Waals surface area contributed by atoms with Crippen molar-refractivity contribution < 1.29 is 28.2 Å².